The van der Waals surface area contributed by atoms with Crippen molar-refractivity contribution in [1.82, 2.24) is 9.78 Å². The monoisotopic (exact) mass is 337 g/mol. The Morgan fingerprint density at radius 1 is 1.08 bits per heavy atom. The van der Waals surface area contributed by atoms with Crippen LogP contribution in [0.1, 0.15) is 15.9 Å². The van der Waals surface area contributed by atoms with E-state index in [-0.39, 0.29) is 5.91 Å². The molecular weight excluding hydrogens is 318 g/mol. The molecule has 128 valence electrons. The van der Waals surface area contributed by atoms with Crippen LogP contribution in [0.2, 0.25) is 0 Å². The summed E-state index contributed by atoms with van der Waals surface area (Å²) in [4.78, 5) is 12.8. The van der Waals surface area contributed by atoms with E-state index < -0.39 is 0 Å². The number of nitrogens with one attached hydrogen (secondary N) is 1. The van der Waals surface area contributed by atoms with Gasteiger partial charge in [0.25, 0.3) is 5.91 Å². The molecule has 3 aromatic rings. The van der Waals surface area contributed by atoms with Crippen LogP contribution in [0.4, 0.5) is 5.69 Å². The topological polar surface area (TPSA) is 65.4 Å². The molecule has 0 fully saturated rings. The third-order valence-electron chi connectivity index (χ3n) is 3.88. The minimum absolute atomic E-state index is 0.221. The maximum absolute atomic E-state index is 12.8. The fourth-order valence-corrected chi connectivity index (χ4v) is 2.58. The number of hydrogen-bond donors (Lipinski definition) is 1. The van der Waals surface area contributed by atoms with Crippen molar-refractivity contribution >= 4 is 11.6 Å². The number of methoxy groups -OCH3 is 2. The third-order valence-corrected chi connectivity index (χ3v) is 3.88. The summed E-state index contributed by atoms with van der Waals surface area (Å²) in [6.45, 7) is 1.90. The quantitative estimate of drug-likeness (QED) is 0.774. The van der Waals surface area contributed by atoms with Crippen molar-refractivity contribution in [2.24, 2.45) is 0 Å². The maximum Gasteiger partial charge on any atom is 0.257 e. The molecule has 0 aliphatic rings. The molecule has 1 aromatic heterocycles. The standard InChI is InChI=1S/C19H19N3O3/c1-13-11-17(24-2)18(25-3)12-15(13)21-19(23)14-7-4-5-8-16(14)22-10-6-9-20-22/h4-12H,1-3H3,(H,21,23). The van der Waals surface area contributed by atoms with Crippen molar-refractivity contribution in [3.8, 4) is 17.2 Å². The summed E-state index contributed by atoms with van der Waals surface area (Å²) in [5, 5.41) is 7.14. The number of aromatic nitrogens is 2. The van der Waals surface area contributed by atoms with E-state index in [2.05, 4.69) is 10.4 Å². The molecule has 2 aromatic carbocycles. The number of amides is 1. The van der Waals surface area contributed by atoms with Crippen LogP contribution in [-0.4, -0.2) is 29.9 Å². The van der Waals surface area contributed by atoms with Gasteiger partial charge in [0.15, 0.2) is 11.5 Å². The zero-order chi connectivity index (χ0) is 17.8. The molecule has 6 nitrogen and oxygen atoms in total. The van der Waals surface area contributed by atoms with Crippen molar-refractivity contribution in [2.75, 3.05) is 19.5 Å². The molecule has 0 radical (unpaired) electrons. The van der Waals surface area contributed by atoms with E-state index in [1.54, 1.807) is 43.4 Å². The van der Waals surface area contributed by atoms with Crippen molar-refractivity contribution in [3.05, 3.63) is 66.0 Å². The highest BCUT2D eigenvalue weighted by atomic mass is 16.5. The van der Waals surface area contributed by atoms with Crippen LogP contribution in [-0.2, 0) is 0 Å². The summed E-state index contributed by atoms with van der Waals surface area (Å²) >= 11 is 0. The van der Waals surface area contributed by atoms with Gasteiger partial charge in [-0.25, -0.2) is 4.68 Å². The highest BCUT2D eigenvalue weighted by Crippen LogP contribution is 2.33. The molecule has 1 amide bonds. The van der Waals surface area contributed by atoms with E-state index in [1.807, 2.05) is 37.3 Å². The SMILES string of the molecule is COc1cc(C)c(NC(=O)c2ccccc2-n2cccn2)cc1OC. The van der Waals surface area contributed by atoms with Crippen LogP contribution in [0.25, 0.3) is 5.69 Å². The van der Waals surface area contributed by atoms with E-state index in [0.29, 0.717) is 28.4 Å². The van der Waals surface area contributed by atoms with Gasteiger partial charge in [-0.3, -0.25) is 4.79 Å². The van der Waals surface area contributed by atoms with Gasteiger partial charge in [-0.15, -0.1) is 0 Å². The van der Waals surface area contributed by atoms with E-state index in [1.165, 1.54) is 0 Å². The summed E-state index contributed by atoms with van der Waals surface area (Å²) < 4.78 is 12.3. The average Bonchev–Trinajstić information content (AvgIpc) is 3.17. The number of nitrogens with zero attached hydrogens (tertiary/aromatic N) is 2. The number of para-hydroxylation sites is 1. The predicted molar refractivity (Wildman–Crippen MR) is 95.8 cm³/mol. The van der Waals surface area contributed by atoms with Gasteiger partial charge >= 0.3 is 0 Å². The van der Waals surface area contributed by atoms with Gasteiger partial charge in [-0.2, -0.15) is 5.10 Å². The van der Waals surface area contributed by atoms with Crippen LogP contribution in [0.15, 0.2) is 54.9 Å². The second kappa shape index (κ2) is 7.09. The molecule has 0 atom stereocenters. The van der Waals surface area contributed by atoms with Crippen molar-refractivity contribution in [3.63, 3.8) is 0 Å². The lowest BCUT2D eigenvalue weighted by atomic mass is 10.1. The molecule has 3 rings (SSSR count). The van der Waals surface area contributed by atoms with Crippen molar-refractivity contribution < 1.29 is 14.3 Å². The number of carbonyl (C=O) groups is 1. The summed E-state index contributed by atoms with van der Waals surface area (Å²) in [5.74, 6) is 0.958. The Hall–Kier alpha value is -3.28. The lowest BCUT2D eigenvalue weighted by Gasteiger charge is -2.15. The smallest absolute Gasteiger partial charge is 0.257 e. The number of benzene rings is 2. The molecular formula is C19H19N3O3. The largest absolute Gasteiger partial charge is 0.493 e. The molecule has 0 spiro atoms. The number of carbonyl (C=O) groups excluding carboxylic acids is 1. The molecule has 0 unspecified atom stereocenters. The Kier molecular flexibility index (Phi) is 4.70. The third kappa shape index (κ3) is 3.33. The zero-order valence-electron chi connectivity index (χ0n) is 14.3. The summed E-state index contributed by atoms with van der Waals surface area (Å²) in [6, 6.07) is 12.7. The minimum atomic E-state index is -0.221. The van der Waals surface area contributed by atoms with Gasteiger partial charge in [-0.05, 0) is 36.8 Å². The molecule has 6 heteroatoms. The predicted octanol–water partition coefficient (Wildman–Crippen LogP) is 3.45. The number of rotatable bonds is 5. The number of aryl methyl sites for hydroxylation is 1. The van der Waals surface area contributed by atoms with Gasteiger partial charge in [-0.1, -0.05) is 12.1 Å². The van der Waals surface area contributed by atoms with Crippen LogP contribution in [0.3, 0.4) is 0 Å². The maximum atomic E-state index is 12.8. The lowest BCUT2D eigenvalue weighted by Crippen LogP contribution is -2.16. The van der Waals surface area contributed by atoms with E-state index >= 15 is 0 Å². The Bertz CT molecular complexity index is 889. The van der Waals surface area contributed by atoms with Crippen LogP contribution in [0, 0.1) is 6.92 Å². The second-order valence-corrected chi connectivity index (χ2v) is 5.44. The highest BCUT2D eigenvalue weighted by molar-refractivity contribution is 6.07. The van der Waals surface area contributed by atoms with E-state index in [4.69, 9.17) is 9.47 Å². The van der Waals surface area contributed by atoms with Gasteiger partial charge in [0.1, 0.15) is 0 Å². The molecule has 0 aliphatic heterocycles. The first-order valence-corrected chi connectivity index (χ1v) is 7.77. The van der Waals surface area contributed by atoms with E-state index in [9.17, 15) is 4.79 Å². The average molecular weight is 337 g/mol. The summed E-state index contributed by atoms with van der Waals surface area (Å²) in [6.07, 6.45) is 3.47. The fraction of sp³-hybridized carbons (Fsp3) is 0.158. The summed E-state index contributed by atoms with van der Waals surface area (Å²) in [7, 11) is 3.14. The van der Waals surface area contributed by atoms with Crippen LogP contribution < -0.4 is 14.8 Å². The fourth-order valence-electron chi connectivity index (χ4n) is 2.58. The number of hydrogen-bond acceptors (Lipinski definition) is 4. The van der Waals surface area contributed by atoms with E-state index in [0.717, 1.165) is 5.56 Å². The van der Waals surface area contributed by atoms with Crippen molar-refractivity contribution in [1.29, 1.82) is 0 Å². The van der Waals surface area contributed by atoms with Gasteiger partial charge < -0.3 is 14.8 Å². The normalized spacial score (nSPS) is 10.4. The first kappa shape index (κ1) is 16.6. The molecule has 1 heterocycles. The van der Waals surface area contributed by atoms with Crippen molar-refractivity contribution in [2.45, 2.75) is 6.92 Å². The molecule has 0 bridgehead atoms. The lowest BCUT2D eigenvalue weighted by molar-refractivity contribution is 0.102. The first-order chi connectivity index (χ1) is 12.1. The number of ether oxygens (including phenoxy) is 2. The Balaban J connectivity index is 1.94. The molecule has 0 saturated heterocycles. The molecule has 0 saturated carbocycles. The highest BCUT2D eigenvalue weighted by Gasteiger charge is 2.15. The zero-order valence-corrected chi connectivity index (χ0v) is 14.3. The number of anilines is 1. The second-order valence-electron chi connectivity index (χ2n) is 5.44. The molecule has 25 heavy (non-hydrogen) atoms. The Morgan fingerprint density at radius 2 is 1.80 bits per heavy atom. The van der Waals surface area contributed by atoms with Crippen LogP contribution in [0.5, 0.6) is 11.5 Å². The van der Waals surface area contributed by atoms with Gasteiger partial charge in [0, 0.05) is 24.1 Å². The summed E-state index contributed by atoms with van der Waals surface area (Å²) in [5.41, 5.74) is 2.78. The first-order valence-electron chi connectivity index (χ1n) is 7.77. The molecule has 0 aliphatic carbocycles. The minimum Gasteiger partial charge on any atom is -0.493 e. The van der Waals surface area contributed by atoms with Gasteiger partial charge in [0.05, 0.1) is 25.5 Å². The Labute approximate surface area is 146 Å². The Morgan fingerprint density at radius 3 is 2.48 bits per heavy atom. The molecule has 1 N–H and O–H groups in total. The van der Waals surface area contributed by atoms with Crippen LogP contribution >= 0.6 is 0 Å². The van der Waals surface area contributed by atoms with Gasteiger partial charge in [0.2, 0.25) is 0 Å².